The molecule has 0 N–H and O–H groups in total. The first kappa shape index (κ1) is 27.7. The fourth-order valence-corrected chi connectivity index (χ4v) is 5.36. The van der Waals surface area contributed by atoms with Crippen LogP contribution < -0.4 is 9.47 Å². The van der Waals surface area contributed by atoms with Crippen LogP contribution in [0.1, 0.15) is 43.7 Å². The molecule has 1 aromatic heterocycles. The van der Waals surface area contributed by atoms with E-state index >= 15 is 0 Å². The van der Waals surface area contributed by atoms with E-state index < -0.39 is 0 Å². The summed E-state index contributed by atoms with van der Waals surface area (Å²) >= 11 is 0. The average molecular weight is 541 g/mol. The summed E-state index contributed by atoms with van der Waals surface area (Å²) in [5.74, 6) is 1.84. The van der Waals surface area contributed by atoms with Gasteiger partial charge in [-0.25, -0.2) is 0 Å². The van der Waals surface area contributed by atoms with Crippen LogP contribution in [0.15, 0.2) is 79.0 Å². The molecule has 1 amide bonds. The SMILES string of the molecule is CCOc1cccc2c1OCCCCCN(C(=O)CCn1ncc3ccccc31)CCN(Cc1ccccc1)C2. The van der Waals surface area contributed by atoms with Crippen LogP contribution in [-0.4, -0.2) is 58.3 Å². The van der Waals surface area contributed by atoms with Crippen LogP contribution in [0.3, 0.4) is 0 Å². The highest BCUT2D eigenvalue weighted by Crippen LogP contribution is 2.33. The molecule has 1 aliphatic rings. The number of para-hydroxylation sites is 2. The predicted molar refractivity (Wildman–Crippen MR) is 158 cm³/mol. The van der Waals surface area contributed by atoms with Gasteiger partial charge in [-0.3, -0.25) is 14.4 Å². The second kappa shape index (κ2) is 14.0. The molecule has 0 saturated heterocycles. The van der Waals surface area contributed by atoms with Gasteiger partial charge in [0, 0.05) is 50.1 Å². The standard InChI is InChI=1S/C33H40N4O3/c1-2-39-31-17-11-15-29-26-35(25-27-12-5-3-6-13-27)21-22-36(19-9-4-10-23-40-33(29)31)32(38)18-20-37-30-16-8-7-14-28(30)24-34-37/h3,5-8,11-17,24H,2,4,9-10,18-23,25-26H2,1H3. The third kappa shape index (κ3) is 7.21. The van der Waals surface area contributed by atoms with Gasteiger partial charge in [-0.2, -0.15) is 5.10 Å². The molecular weight excluding hydrogens is 500 g/mol. The van der Waals surface area contributed by atoms with Gasteiger partial charge in [0.2, 0.25) is 5.91 Å². The molecule has 1 aliphatic heterocycles. The van der Waals surface area contributed by atoms with Gasteiger partial charge in [-0.15, -0.1) is 0 Å². The van der Waals surface area contributed by atoms with Crippen LogP contribution in [0.2, 0.25) is 0 Å². The average Bonchev–Trinajstić information content (AvgIpc) is 3.40. The third-order valence-corrected chi connectivity index (χ3v) is 7.45. The Bertz CT molecular complexity index is 1370. The number of hydrogen-bond donors (Lipinski definition) is 0. The summed E-state index contributed by atoms with van der Waals surface area (Å²) in [5.41, 5.74) is 3.43. The Hall–Kier alpha value is -3.84. The summed E-state index contributed by atoms with van der Waals surface area (Å²) in [6.07, 6.45) is 5.21. The lowest BCUT2D eigenvalue weighted by Gasteiger charge is -2.28. The topological polar surface area (TPSA) is 59.8 Å². The minimum atomic E-state index is 0.185. The molecule has 5 rings (SSSR count). The van der Waals surface area contributed by atoms with Crippen molar-refractivity contribution in [1.29, 1.82) is 0 Å². The number of ether oxygens (including phenoxy) is 2. The van der Waals surface area contributed by atoms with Gasteiger partial charge in [0.1, 0.15) is 0 Å². The van der Waals surface area contributed by atoms with Crippen molar-refractivity contribution in [2.75, 3.05) is 32.8 Å². The van der Waals surface area contributed by atoms with Gasteiger partial charge in [0.05, 0.1) is 31.5 Å². The second-order valence-corrected chi connectivity index (χ2v) is 10.3. The van der Waals surface area contributed by atoms with Crippen molar-refractivity contribution in [1.82, 2.24) is 19.6 Å². The Kier molecular flexibility index (Phi) is 9.69. The zero-order chi connectivity index (χ0) is 27.6. The maximum Gasteiger partial charge on any atom is 0.224 e. The fourth-order valence-electron chi connectivity index (χ4n) is 5.36. The first-order valence-electron chi connectivity index (χ1n) is 14.5. The Balaban J connectivity index is 1.33. The molecule has 210 valence electrons. The highest BCUT2D eigenvalue weighted by Gasteiger charge is 2.19. The number of hydrogen-bond acceptors (Lipinski definition) is 5. The molecule has 0 unspecified atom stereocenters. The van der Waals surface area contributed by atoms with Crippen molar-refractivity contribution in [3.63, 3.8) is 0 Å². The number of benzene rings is 3. The number of carbonyl (C=O) groups is 1. The largest absolute Gasteiger partial charge is 0.490 e. The van der Waals surface area contributed by atoms with Crippen LogP contribution in [0.4, 0.5) is 0 Å². The number of aryl methyl sites for hydroxylation is 1. The van der Waals surface area contributed by atoms with E-state index in [1.807, 2.05) is 48.1 Å². The number of aromatic nitrogens is 2. The molecule has 0 atom stereocenters. The molecule has 0 bridgehead atoms. The van der Waals surface area contributed by atoms with Crippen LogP contribution in [0, 0.1) is 0 Å². The molecular formula is C33H40N4O3. The van der Waals surface area contributed by atoms with Gasteiger partial charge in [0.15, 0.2) is 11.5 Å². The summed E-state index contributed by atoms with van der Waals surface area (Å²) in [4.78, 5) is 18.0. The lowest BCUT2D eigenvalue weighted by atomic mass is 10.1. The minimum absolute atomic E-state index is 0.185. The molecule has 0 saturated carbocycles. The number of nitrogens with zero attached hydrogens (tertiary/aromatic N) is 4. The highest BCUT2D eigenvalue weighted by atomic mass is 16.5. The minimum Gasteiger partial charge on any atom is -0.490 e. The molecule has 7 heteroatoms. The second-order valence-electron chi connectivity index (χ2n) is 10.3. The van der Waals surface area contributed by atoms with E-state index in [2.05, 4.69) is 57.4 Å². The van der Waals surface area contributed by atoms with Gasteiger partial charge >= 0.3 is 0 Å². The predicted octanol–water partition coefficient (Wildman–Crippen LogP) is 5.92. The van der Waals surface area contributed by atoms with E-state index in [1.54, 1.807) is 0 Å². The molecule has 40 heavy (non-hydrogen) atoms. The van der Waals surface area contributed by atoms with E-state index in [1.165, 1.54) is 5.56 Å². The van der Waals surface area contributed by atoms with E-state index in [0.717, 1.165) is 66.9 Å². The van der Waals surface area contributed by atoms with Gasteiger partial charge in [-0.05, 0) is 43.9 Å². The maximum atomic E-state index is 13.5. The Morgan fingerprint density at radius 1 is 0.925 bits per heavy atom. The van der Waals surface area contributed by atoms with Crippen LogP contribution in [-0.2, 0) is 24.4 Å². The molecule has 3 aromatic carbocycles. The molecule has 7 nitrogen and oxygen atoms in total. The van der Waals surface area contributed by atoms with Gasteiger partial charge < -0.3 is 14.4 Å². The number of amides is 1. The van der Waals surface area contributed by atoms with Gasteiger partial charge in [-0.1, -0.05) is 60.7 Å². The Morgan fingerprint density at radius 3 is 2.65 bits per heavy atom. The van der Waals surface area contributed by atoms with Gasteiger partial charge in [0.25, 0.3) is 0 Å². The summed E-state index contributed by atoms with van der Waals surface area (Å²) in [6.45, 7) is 7.53. The monoisotopic (exact) mass is 540 g/mol. The fraction of sp³-hybridized carbons (Fsp3) is 0.394. The van der Waals surface area contributed by atoms with Crippen LogP contribution in [0.25, 0.3) is 10.9 Å². The van der Waals surface area contributed by atoms with Crippen molar-refractivity contribution in [2.24, 2.45) is 0 Å². The normalized spacial score (nSPS) is 15.4. The zero-order valence-electron chi connectivity index (χ0n) is 23.5. The molecule has 0 radical (unpaired) electrons. The smallest absolute Gasteiger partial charge is 0.224 e. The lowest BCUT2D eigenvalue weighted by molar-refractivity contribution is -0.131. The molecule has 0 spiro atoms. The summed E-state index contributed by atoms with van der Waals surface area (Å²) in [6, 6.07) is 24.8. The summed E-state index contributed by atoms with van der Waals surface area (Å²) in [5, 5.41) is 5.62. The van der Waals surface area contributed by atoms with Crippen molar-refractivity contribution in [2.45, 2.75) is 52.2 Å². The molecule has 4 aromatic rings. The summed E-state index contributed by atoms with van der Waals surface area (Å²) < 4.78 is 14.2. The molecule has 2 heterocycles. The quantitative estimate of drug-likeness (QED) is 0.291. The number of fused-ring (bicyclic) bond motifs is 2. The van der Waals surface area contributed by atoms with E-state index in [9.17, 15) is 4.79 Å². The maximum absolute atomic E-state index is 13.5. The van der Waals surface area contributed by atoms with E-state index in [-0.39, 0.29) is 5.91 Å². The first-order chi connectivity index (χ1) is 19.7. The lowest BCUT2D eigenvalue weighted by Crippen LogP contribution is -2.39. The molecule has 0 fully saturated rings. The van der Waals surface area contributed by atoms with Crippen molar-refractivity contribution in [3.8, 4) is 11.5 Å². The van der Waals surface area contributed by atoms with Crippen molar-refractivity contribution in [3.05, 3.63) is 90.1 Å². The summed E-state index contributed by atoms with van der Waals surface area (Å²) in [7, 11) is 0. The molecule has 0 aliphatic carbocycles. The number of carbonyl (C=O) groups excluding carboxylic acids is 1. The van der Waals surface area contributed by atoms with Crippen LogP contribution >= 0.6 is 0 Å². The number of rotatable bonds is 7. The van der Waals surface area contributed by atoms with Crippen molar-refractivity contribution < 1.29 is 14.3 Å². The van der Waals surface area contributed by atoms with Crippen molar-refractivity contribution >= 4 is 16.8 Å². The van der Waals surface area contributed by atoms with Crippen LogP contribution in [0.5, 0.6) is 11.5 Å². The van der Waals surface area contributed by atoms with E-state index in [4.69, 9.17) is 9.47 Å². The first-order valence-corrected chi connectivity index (χ1v) is 14.5. The third-order valence-electron chi connectivity index (χ3n) is 7.45. The highest BCUT2D eigenvalue weighted by molar-refractivity contribution is 5.79. The Morgan fingerprint density at radius 2 is 1.77 bits per heavy atom. The Labute approximate surface area is 237 Å². The van der Waals surface area contributed by atoms with E-state index in [0.29, 0.717) is 39.3 Å². The zero-order valence-corrected chi connectivity index (χ0v) is 23.5.